The maximum atomic E-state index is 12.4. The van der Waals surface area contributed by atoms with Gasteiger partial charge in [0.15, 0.2) is 0 Å². The van der Waals surface area contributed by atoms with Crippen molar-refractivity contribution in [1.29, 1.82) is 0 Å². The van der Waals surface area contributed by atoms with E-state index in [2.05, 4.69) is 31.3 Å². The van der Waals surface area contributed by atoms with E-state index in [1.54, 1.807) is 6.08 Å². The summed E-state index contributed by atoms with van der Waals surface area (Å²) < 4.78 is 0. The smallest absolute Gasteiger partial charge is 0.220 e. The van der Waals surface area contributed by atoms with E-state index in [1.165, 1.54) is 270 Å². The lowest BCUT2D eigenvalue weighted by Crippen LogP contribution is -2.45. The SMILES string of the molecule is CCCCCCCCCC/C=C\CCCCCCCCCCCCCCCCCCCCCCCCCC(=O)NC(CO)C(O)/C=C/CCCCCCCCCCCCCC. The van der Waals surface area contributed by atoms with Gasteiger partial charge in [0.25, 0.3) is 0 Å². The van der Waals surface area contributed by atoms with Crippen LogP contribution in [0.2, 0.25) is 0 Å². The highest BCUT2D eigenvalue weighted by atomic mass is 16.3. The van der Waals surface area contributed by atoms with Crippen LogP contribution in [0.4, 0.5) is 0 Å². The molecule has 0 radical (unpaired) electrons. The molecule has 0 aliphatic heterocycles. The predicted molar refractivity (Wildman–Crippen MR) is 272 cm³/mol. The first-order valence-corrected chi connectivity index (χ1v) is 28.1. The molecular weight excluding hydrogens is 747 g/mol. The van der Waals surface area contributed by atoms with Crippen molar-refractivity contribution in [3.63, 3.8) is 0 Å². The largest absolute Gasteiger partial charge is 0.394 e. The lowest BCUT2D eigenvalue weighted by molar-refractivity contribution is -0.123. The molecule has 0 fully saturated rings. The fraction of sp³-hybridized carbons (Fsp3) is 0.912. The summed E-state index contributed by atoms with van der Waals surface area (Å²) in [6, 6.07) is -0.618. The maximum absolute atomic E-state index is 12.4. The number of allylic oxidation sites excluding steroid dienone is 3. The Morgan fingerprint density at radius 2 is 0.623 bits per heavy atom. The Balaban J connectivity index is 3.39. The van der Waals surface area contributed by atoms with Crippen molar-refractivity contribution in [2.24, 2.45) is 0 Å². The van der Waals surface area contributed by atoms with Crippen LogP contribution in [0, 0.1) is 0 Å². The van der Waals surface area contributed by atoms with Crippen LogP contribution in [0.25, 0.3) is 0 Å². The maximum Gasteiger partial charge on any atom is 0.220 e. The second-order valence-corrected chi connectivity index (χ2v) is 19.4. The summed E-state index contributed by atoms with van der Waals surface area (Å²) in [5, 5.41) is 23.1. The predicted octanol–water partition coefficient (Wildman–Crippen LogP) is 18.3. The van der Waals surface area contributed by atoms with E-state index >= 15 is 0 Å². The molecule has 2 unspecified atom stereocenters. The first kappa shape index (κ1) is 59.9. The Morgan fingerprint density at radius 3 is 0.902 bits per heavy atom. The summed E-state index contributed by atoms with van der Waals surface area (Å²) in [7, 11) is 0. The Hall–Kier alpha value is -1.13. The van der Waals surface area contributed by atoms with Crippen LogP contribution in [0.1, 0.15) is 316 Å². The number of carbonyl (C=O) groups excluding carboxylic acids is 1. The molecule has 4 nitrogen and oxygen atoms in total. The van der Waals surface area contributed by atoms with Crippen LogP contribution in [-0.4, -0.2) is 34.9 Å². The van der Waals surface area contributed by atoms with Gasteiger partial charge in [-0.2, -0.15) is 0 Å². The van der Waals surface area contributed by atoms with Gasteiger partial charge in [-0.15, -0.1) is 0 Å². The van der Waals surface area contributed by atoms with E-state index in [4.69, 9.17) is 0 Å². The average Bonchev–Trinajstić information content (AvgIpc) is 3.26. The van der Waals surface area contributed by atoms with Gasteiger partial charge in [-0.1, -0.05) is 289 Å². The number of unbranched alkanes of at least 4 members (excludes halogenated alkanes) is 43. The van der Waals surface area contributed by atoms with E-state index in [9.17, 15) is 15.0 Å². The topological polar surface area (TPSA) is 69.6 Å². The van der Waals surface area contributed by atoms with Crippen LogP contribution in [0.3, 0.4) is 0 Å². The van der Waals surface area contributed by atoms with Crippen LogP contribution in [0.15, 0.2) is 24.3 Å². The summed E-state index contributed by atoms with van der Waals surface area (Å²) >= 11 is 0. The molecule has 61 heavy (non-hydrogen) atoms. The molecule has 0 rings (SSSR count). The zero-order valence-electron chi connectivity index (χ0n) is 41.7. The van der Waals surface area contributed by atoms with Crippen LogP contribution < -0.4 is 5.32 Å². The lowest BCUT2D eigenvalue weighted by atomic mass is 10.0. The fourth-order valence-electron chi connectivity index (χ4n) is 8.88. The zero-order chi connectivity index (χ0) is 44.2. The number of rotatable bonds is 52. The molecule has 362 valence electrons. The summed E-state index contributed by atoms with van der Waals surface area (Å²) in [5.41, 5.74) is 0. The van der Waals surface area contributed by atoms with E-state index in [0.29, 0.717) is 6.42 Å². The van der Waals surface area contributed by atoms with Crippen molar-refractivity contribution in [3.05, 3.63) is 24.3 Å². The molecule has 3 N–H and O–H groups in total. The third-order valence-corrected chi connectivity index (χ3v) is 13.2. The molecule has 0 aliphatic carbocycles. The summed E-state index contributed by atoms with van der Waals surface area (Å²) in [6.07, 6.45) is 70.7. The van der Waals surface area contributed by atoms with Crippen molar-refractivity contribution >= 4 is 5.91 Å². The Morgan fingerprint density at radius 1 is 0.377 bits per heavy atom. The molecule has 0 bridgehead atoms. The molecule has 0 heterocycles. The molecule has 1 amide bonds. The minimum absolute atomic E-state index is 0.0583. The minimum atomic E-state index is -0.835. The number of hydrogen-bond acceptors (Lipinski definition) is 3. The van der Waals surface area contributed by atoms with Gasteiger partial charge in [0, 0.05) is 6.42 Å². The zero-order valence-corrected chi connectivity index (χ0v) is 41.7. The van der Waals surface area contributed by atoms with Gasteiger partial charge < -0.3 is 15.5 Å². The molecule has 4 heteroatoms. The lowest BCUT2D eigenvalue weighted by Gasteiger charge is -2.20. The van der Waals surface area contributed by atoms with Crippen molar-refractivity contribution < 1.29 is 15.0 Å². The number of aliphatic hydroxyl groups is 2. The van der Waals surface area contributed by atoms with Crippen LogP contribution >= 0.6 is 0 Å². The standard InChI is InChI=1S/C57H111NO3/c1-3-5-7-9-11-13-15-17-19-20-21-22-23-24-25-26-27-28-29-30-31-32-33-34-35-36-37-38-39-41-43-45-47-49-51-53-57(61)58-55(54-59)56(60)52-50-48-46-44-42-40-18-16-14-12-10-8-6-4-2/h20-21,50,52,55-56,59-60H,3-19,22-49,51,53-54H2,1-2H3,(H,58,61)/b21-20-,52-50+. The monoisotopic (exact) mass is 858 g/mol. The van der Waals surface area contributed by atoms with E-state index < -0.39 is 12.1 Å². The van der Waals surface area contributed by atoms with Gasteiger partial charge in [0.05, 0.1) is 18.8 Å². The van der Waals surface area contributed by atoms with Crippen LogP contribution in [0.5, 0.6) is 0 Å². The normalized spacial score (nSPS) is 12.9. The van der Waals surface area contributed by atoms with Crippen molar-refractivity contribution in [1.82, 2.24) is 5.32 Å². The second-order valence-electron chi connectivity index (χ2n) is 19.4. The van der Waals surface area contributed by atoms with Gasteiger partial charge >= 0.3 is 0 Å². The van der Waals surface area contributed by atoms with Gasteiger partial charge in [-0.25, -0.2) is 0 Å². The van der Waals surface area contributed by atoms with E-state index in [0.717, 1.165) is 25.7 Å². The number of hydrogen-bond donors (Lipinski definition) is 3. The molecule has 0 aromatic rings. The number of aliphatic hydroxyl groups excluding tert-OH is 2. The third kappa shape index (κ3) is 49.7. The average molecular weight is 859 g/mol. The third-order valence-electron chi connectivity index (χ3n) is 13.2. The first-order chi connectivity index (χ1) is 30.2. The summed E-state index contributed by atoms with van der Waals surface area (Å²) in [6.45, 7) is 4.33. The Labute approximate surface area is 383 Å². The van der Waals surface area contributed by atoms with Crippen molar-refractivity contribution in [3.8, 4) is 0 Å². The molecule has 0 aromatic carbocycles. The number of nitrogens with one attached hydrogen (secondary N) is 1. The first-order valence-electron chi connectivity index (χ1n) is 28.1. The Bertz CT molecular complexity index is 886. The van der Waals surface area contributed by atoms with Crippen molar-refractivity contribution in [2.45, 2.75) is 328 Å². The van der Waals surface area contributed by atoms with Crippen molar-refractivity contribution in [2.75, 3.05) is 6.61 Å². The molecule has 0 aromatic heterocycles. The van der Waals surface area contributed by atoms with Gasteiger partial charge in [-0.05, 0) is 44.9 Å². The highest BCUT2D eigenvalue weighted by molar-refractivity contribution is 5.76. The number of amides is 1. The number of carbonyl (C=O) groups is 1. The molecule has 0 saturated heterocycles. The highest BCUT2D eigenvalue weighted by Gasteiger charge is 2.18. The van der Waals surface area contributed by atoms with E-state index in [1.807, 2.05) is 6.08 Å². The molecule has 2 atom stereocenters. The molecular formula is C57H111NO3. The quantitative estimate of drug-likeness (QED) is 0.0422. The van der Waals surface area contributed by atoms with E-state index in [-0.39, 0.29) is 12.5 Å². The van der Waals surface area contributed by atoms with Crippen LogP contribution in [-0.2, 0) is 4.79 Å². The molecule has 0 aliphatic rings. The van der Waals surface area contributed by atoms with Gasteiger partial charge in [-0.3, -0.25) is 4.79 Å². The molecule has 0 saturated carbocycles. The second kappa shape index (κ2) is 53.2. The summed E-state index contributed by atoms with van der Waals surface area (Å²) in [5.74, 6) is -0.0583. The minimum Gasteiger partial charge on any atom is -0.394 e. The fourth-order valence-corrected chi connectivity index (χ4v) is 8.88. The van der Waals surface area contributed by atoms with Gasteiger partial charge in [0.1, 0.15) is 0 Å². The Kier molecular flexibility index (Phi) is 52.2. The van der Waals surface area contributed by atoms with Gasteiger partial charge in [0.2, 0.25) is 5.91 Å². The summed E-state index contributed by atoms with van der Waals surface area (Å²) in [4.78, 5) is 12.4. The molecule has 0 spiro atoms. The highest BCUT2D eigenvalue weighted by Crippen LogP contribution is 2.17.